The van der Waals surface area contributed by atoms with Gasteiger partial charge in [-0.15, -0.1) is 11.3 Å². The van der Waals surface area contributed by atoms with E-state index in [1.165, 1.54) is 11.3 Å². The van der Waals surface area contributed by atoms with Gasteiger partial charge in [0, 0.05) is 10.4 Å². The average Bonchev–Trinajstić information content (AvgIpc) is 3.33. The monoisotopic (exact) mass is 478 g/mol. The maximum absolute atomic E-state index is 13.2. The highest BCUT2D eigenvalue weighted by atomic mass is 32.1. The number of benzene rings is 2. The van der Waals surface area contributed by atoms with Gasteiger partial charge in [0.05, 0.1) is 19.3 Å². The molecule has 0 saturated carbocycles. The summed E-state index contributed by atoms with van der Waals surface area (Å²) in [6.07, 6.45) is 1.68. The molecule has 0 aliphatic carbocycles. The first-order chi connectivity index (χ1) is 16.4. The minimum atomic E-state index is -0.381. The van der Waals surface area contributed by atoms with Gasteiger partial charge in [0.15, 0.2) is 11.5 Å². The molecule has 0 aliphatic heterocycles. The summed E-state index contributed by atoms with van der Waals surface area (Å²) in [4.78, 5) is 26.9. The molecule has 0 bridgehead atoms. The van der Waals surface area contributed by atoms with Crippen LogP contribution in [0, 0.1) is 6.92 Å². The molecule has 3 rings (SSSR count). The Morgan fingerprint density at radius 2 is 1.71 bits per heavy atom. The van der Waals surface area contributed by atoms with Crippen molar-refractivity contribution in [1.29, 1.82) is 0 Å². The number of nitrogens with one attached hydrogen (secondary N) is 2. The first-order valence-corrected chi connectivity index (χ1v) is 12.1. The zero-order valence-electron chi connectivity index (χ0n) is 19.9. The highest BCUT2D eigenvalue weighted by Gasteiger charge is 2.19. The summed E-state index contributed by atoms with van der Waals surface area (Å²) in [5, 5.41) is 7.68. The summed E-state index contributed by atoms with van der Waals surface area (Å²) in [6.45, 7) is 8.70. The lowest BCUT2D eigenvalue weighted by Gasteiger charge is -2.19. The third-order valence-corrected chi connectivity index (χ3v) is 5.87. The quantitative estimate of drug-likeness (QED) is 0.377. The molecule has 2 N–H and O–H groups in total. The molecular formula is C27H30N2O4S. The van der Waals surface area contributed by atoms with Crippen LogP contribution in [0.15, 0.2) is 65.7 Å². The largest absolute Gasteiger partial charge is 0.490 e. The van der Waals surface area contributed by atoms with Crippen molar-refractivity contribution in [2.75, 3.05) is 13.2 Å². The summed E-state index contributed by atoms with van der Waals surface area (Å²) < 4.78 is 11.3. The summed E-state index contributed by atoms with van der Waals surface area (Å²) in [5.74, 6) is 0.568. The summed E-state index contributed by atoms with van der Waals surface area (Å²) >= 11 is 1.48. The molecule has 0 spiro atoms. The second-order valence-electron chi connectivity index (χ2n) is 7.66. The van der Waals surface area contributed by atoms with Crippen molar-refractivity contribution in [1.82, 2.24) is 10.6 Å². The number of aryl methyl sites for hydroxylation is 1. The molecule has 2 aromatic carbocycles. The van der Waals surface area contributed by atoms with E-state index in [9.17, 15) is 9.59 Å². The van der Waals surface area contributed by atoms with E-state index in [1.54, 1.807) is 18.2 Å². The van der Waals surface area contributed by atoms with Gasteiger partial charge >= 0.3 is 0 Å². The lowest BCUT2D eigenvalue weighted by Crippen LogP contribution is -2.36. The van der Waals surface area contributed by atoms with E-state index in [0.29, 0.717) is 30.3 Å². The number of ether oxygens (including phenoxy) is 2. The van der Waals surface area contributed by atoms with Crippen LogP contribution in [0.5, 0.6) is 11.5 Å². The number of amides is 2. The standard InChI is InChI=1S/C27H30N2O4S/c1-5-32-24-14-13-21(16-25(24)33-6-2)19(4)28-27(31)23(17-22-8-7-15-34-22)29-26(30)20-11-9-18(3)10-12-20/h7-17,19H,5-6H2,1-4H3,(H,28,31)(H,29,30)/b23-17-/t19-/m1/s1. The van der Waals surface area contributed by atoms with Gasteiger partial charge < -0.3 is 20.1 Å². The van der Waals surface area contributed by atoms with Crippen LogP contribution in [-0.4, -0.2) is 25.0 Å². The summed E-state index contributed by atoms with van der Waals surface area (Å²) in [5.41, 5.74) is 2.58. The molecule has 6 nitrogen and oxygen atoms in total. The SMILES string of the molecule is CCOc1ccc([C@@H](C)NC(=O)/C(=C/c2cccs2)NC(=O)c2ccc(C)cc2)cc1OCC. The molecule has 0 fully saturated rings. The first-order valence-electron chi connectivity index (χ1n) is 11.2. The Kier molecular flexibility index (Phi) is 8.87. The van der Waals surface area contributed by atoms with Gasteiger partial charge in [-0.3, -0.25) is 9.59 Å². The average molecular weight is 479 g/mol. The summed E-state index contributed by atoms with van der Waals surface area (Å²) in [7, 11) is 0. The van der Waals surface area contributed by atoms with Crippen molar-refractivity contribution in [3.05, 3.63) is 87.2 Å². The minimum absolute atomic E-state index is 0.177. The molecule has 1 aromatic heterocycles. The van der Waals surface area contributed by atoms with Gasteiger partial charge in [0.25, 0.3) is 11.8 Å². The lowest BCUT2D eigenvalue weighted by molar-refractivity contribution is -0.118. The van der Waals surface area contributed by atoms with Crippen molar-refractivity contribution in [3.63, 3.8) is 0 Å². The molecule has 178 valence electrons. The number of carbonyl (C=O) groups excluding carboxylic acids is 2. The minimum Gasteiger partial charge on any atom is -0.490 e. The second kappa shape index (κ2) is 12.0. The van der Waals surface area contributed by atoms with Crippen LogP contribution in [0.1, 0.15) is 53.2 Å². The Bertz CT molecular complexity index is 1140. The van der Waals surface area contributed by atoms with E-state index in [-0.39, 0.29) is 23.6 Å². The van der Waals surface area contributed by atoms with Crippen LogP contribution in [0.2, 0.25) is 0 Å². The third kappa shape index (κ3) is 6.71. The van der Waals surface area contributed by atoms with Gasteiger partial charge in [-0.1, -0.05) is 29.8 Å². The molecule has 0 aliphatic rings. The fourth-order valence-electron chi connectivity index (χ4n) is 3.27. The van der Waals surface area contributed by atoms with E-state index in [0.717, 1.165) is 16.0 Å². The molecule has 7 heteroatoms. The van der Waals surface area contributed by atoms with Crippen LogP contribution >= 0.6 is 11.3 Å². The van der Waals surface area contributed by atoms with Crippen molar-refractivity contribution in [2.45, 2.75) is 33.7 Å². The van der Waals surface area contributed by atoms with Crippen LogP contribution in [-0.2, 0) is 4.79 Å². The van der Waals surface area contributed by atoms with Crippen LogP contribution in [0.3, 0.4) is 0 Å². The molecular weight excluding hydrogens is 448 g/mol. The molecule has 1 heterocycles. The zero-order chi connectivity index (χ0) is 24.5. The predicted molar refractivity (Wildman–Crippen MR) is 136 cm³/mol. The van der Waals surface area contributed by atoms with Gasteiger partial charge in [0.1, 0.15) is 5.70 Å². The maximum Gasteiger partial charge on any atom is 0.268 e. The number of carbonyl (C=O) groups is 2. The maximum atomic E-state index is 13.2. The van der Waals surface area contributed by atoms with E-state index in [4.69, 9.17) is 9.47 Å². The van der Waals surface area contributed by atoms with Crippen LogP contribution in [0.25, 0.3) is 6.08 Å². The fourth-order valence-corrected chi connectivity index (χ4v) is 3.93. The molecule has 0 unspecified atom stereocenters. The molecule has 34 heavy (non-hydrogen) atoms. The second-order valence-corrected chi connectivity index (χ2v) is 8.64. The number of rotatable bonds is 10. The molecule has 0 saturated heterocycles. The fraction of sp³-hybridized carbons (Fsp3) is 0.259. The van der Waals surface area contributed by atoms with Crippen LogP contribution in [0.4, 0.5) is 0 Å². The Hall–Kier alpha value is -3.58. The highest BCUT2D eigenvalue weighted by Crippen LogP contribution is 2.30. The third-order valence-electron chi connectivity index (χ3n) is 5.05. The molecule has 2 amide bonds. The van der Waals surface area contributed by atoms with Crippen LogP contribution < -0.4 is 20.1 Å². The Morgan fingerprint density at radius 3 is 2.35 bits per heavy atom. The van der Waals surface area contributed by atoms with E-state index in [1.807, 2.05) is 75.5 Å². The van der Waals surface area contributed by atoms with E-state index >= 15 is 0 Å². The Morgan fingerprint density at radius 1 is 1.00 bits per heavy atom. The normalized spacial score (nSPS) is 12.1. The van der Waals surface area contributed by atoms with Gasteiger partial charge in [-0.25, -0.2) is 0 Å². The van der Waals surface area contributed by atoms with E-state index in [2.05, 4.69) is 10.6 Å². The van der Waals surface area contributed by atoms with Crippen molar-refractivity contribution in [3.8, 4) is 11.5 Å². The lowest BCUT2D eigenvalue weighted by atomic mass is 10.1. The topological polar surface area (TPSA) is 76.7 Å². The Labute approximate surface area is 204 Å². The first kappa shape index (κ1) is 25.1. The number of hydrogen-bond acceptors (Lipinski definition) is 5. The summed E-state index contributed by atoms with van der Waals surface area (Å²) in [6, 6.07) is 16.3. The number of hydrogen-bond donors (Lipinski definition) is 2. The smallest absolute Gasteiger partial charge is 0.268 e. The number of thiophene rings is 1. The van der Waals surface area contributed by atoms with Gasteiger partial charge in [-0.2, -0.15) is 0 Å². The highest BCUT2D eigenvalue weighted by molar-refractivity contribution is 7.10. The zero-order valence-corrected chi connectivity index (χ0v) is 20.7. The molecule has 1 atom stereocenters. The van der Waals surface area contributed by atoms with Gasteiger partial charge in [0.2, 0.25) is 0 Å². The van der Waals surface area contributed by atoms with E-state index < -0.39 is 0 Å². The molecule has 3 aromatic rings. The van der Waals surface area contributed by atoms with Gasteiger partial charge in [-0.05, 0) is 75.0 Å². The van der Waals surface area contributed by atoms with Crippen molar-refractivity contribution < 1.29 is 19.1 Å². The predicted octanol–water partition coefficient (Wildman–Crippen LogP) is 5.50. The molecule has 0 radical (unpaired) electrons. The van der Waals surface area contributed by atoms with Crippen molar-refractivity contribution in [2.24, 2.45) is 0 Å². The Balaban J connectivity index is 1.80. The van der Waals surface area contributed by atoms with Crippen molar-refractivity contribution >= 4 is 29.2 Å².